The van der Waals surface area contributed by atoms with Gasteiger partial charge in [-0.05, 0) is 31.1 Å². The number of nitrogens with zero attached hydrogens (tertiary/aromatic N) is 2. The summed E-state index contributed by atoms with van der Waals surface area (Å²) < 4.78 is 0. The van der Waals surface area contributed by atoms with E-state index in [4.69, 9.17) is 11.6 Å². The van der Waals surface area contributed by atoms with Gasteiger partial charge < -0.3 is 4.90 Å². The number of thiazole rings is 1. The van der Waals surface area contributed by atoms with Crippen LogP contribution in [0, 0.1) is 11.8 Å². The zero-order valence-corrected chi connectivity index (χ0v) is 13.8. The number of unbranched alkanes of at least 4 members (excludes halogenated alkanes) is 1. The number of hydrogen-bond donors (Lipinski definition) is 0. The summed E-state index contributed by atoms with van der Waals surface area (Å²) in [6, 6.07) is 0. The zero-order chi connectivity index (χ0) is 14.5. The van der Waals surface area contributed by atoms with Crippen LogP contribution in [0.2, 0.25) is 0 Å². The van der Waals surface area contributed by atoms with Crippen LogP contribution in [0.5, 0.6) is 0 Å². The maximum Gasteiger partial charge on any atom is 0.222 e. The number of aromatic nitrogens is 1. The molecule has 0 aliphatic carbocycles. The van der Waals surface area contributed by atoms with Crippen molar-refractivity contribution in [3.8, 4) is 0 Å². The van der Waals surface area contributed by atoms with Crippen LogP contribution in [0.15, 0.2) is 5.38 Å². The first-order valence-corrected chi connectivity index (χ1v) is 8.78. The number of rotatable bonds is 7. The van der Waals surface area contributed by atoms with Gasteiger partial charge in [-0.2, -0.15) is 0 Å². The molecule has 3 nitrogen and oxygen atoms in total. The highest BCUT2D eigenvalue weighted by Gasteiger charge is 2.30. The monoisotopic (exact) mass is 314 g/mol. The molecule has 0 N–H and O–H groups in total. The summed E-state index contributed by atoms with van der Waals surface area (Å²) in [7, 11) is 0. The third kappa shape index (κ3) is 4.19. The van der Waals surface area contributed by atoms with Gasteiger partial charge in [-0.25, -0.2) is 4.98 Å². The summed E-state index contributed by atoms with van der Waals surface area (Å²) in [5.74, 6) is 1.98. The molecule has 0 radical (unpaired) electrons. The molecule has 1 aromatic rings. The smallest absolute Gasteiger partial charge is 0.222 e. The molecule has 1 unspecified atom stereocenters. The lowest BCUT2D eigenvalue weighted by Crippen LogP contribution is -2.26. The first kappa shape index (κ1) is 15.8. The molecule has 1 saturated heterocycles. The number of halogens is 1. The third-order valence-electron chi connectivity index (χ3n) is 3.99. The molecule has 0 spiro atoms. The van der Waals surface area contributed by atoms with Crippen molar-refractivity contribution in [2.45, 2.75) is 45.4 Å². The molecular formula is C15H23ClN2OS. The van der Waals surface area contributed by atoms with Crippen molar-refractivity contribution in [1.82, 2.24) is 9.88 Å². The number of aryl methyl sites for hydroxylation is 1. The summed E-state index contributed by atoms with van der Waals surface area (Å²) in [6.45, 7) is 6.26. The number of carbonyl (C=O) groups is 1. The van der Waals surface area contributed by atoms with Gasteiger partial charge in [0.2, 0.25) is 5.91 Å². The molecule has 2 rings (SSSR count). The number of hydrogen-bond acceptors (Lipinski definition) is 3. The molecule has 5 heteroatoms. The molecule has 1 fully saturated rings. The lowest BCUT2D eigenvalue weighted by molar-refractivity contribution is -0.127. The minimum Gasteiger partial charge on any atom is -0.342 e. The lowest BCUT2D eigenvalue weighted by atomic mass is 9.95. The van der Waals surface area contributed by atoms with Crippen molar-refractivity contribution in [2.24, 2.45) is 11.8 Å². The normalized spacial score (nSPS) is 19.3. The zero-order valence-electron chi connectivity index (χ0n) is 12.3. The highest BCUT2D eigenvalue weighted by atomic mass is 35.5. The number of carbonyl (C=O) groups excluding carboxylic acids is 1. The van der Waals surface area contributed by atoms with Gasteiger partial charge >= 0.3 is 0 Å². The molecule has 0 bridgehead atoms. The van der Waals surface area contributed by atoms with Crippen LogP contribution in [0.3, 0.4) is 0 Å². The predicted octanol–water partition coefficient (Wildman–Crippen LogP) is 3.71. The van der Waals surface area contributed by atoms with Crippen LogP contribution in [0.1, 0.15) is 43.8 Å². The topological polar surface area (TPSA) is 33.2 Å². The second-order valence-corrected chi connectivity index (χ2v) is 7.08. The fourth-order valence-electron chi connectivity index (χ4n) is 2.57. The van der Waals surface area contributed by atoms with Gasteiger partial charge in [0, 0.05) is 24.9 Å². The molecule has 2 heterocycles. The van der Waals surface area contributed by atoms with Crippen LogP contribution < -0.4 is 0 Å². The predicted molar refractivity (Wildman–Crippen MR) is 84.1 cm³/mol. The van der Waals surface area contributed by atoms with Crippen molar-refractivity contribution in [2.75, 3.05) is 13.1 Å². The number of amides is 1. The van der Waals surface area contributed by atoms with Gasteiger partial charge in [-0.3, -0.25) is 4.79 Å². The largest absolute Gasteiger partial charge is 0.342 e. The summed E-state index contributed by atoms with van der Waals surface area (Å²) in [5, 5.41) is 3.19. The van der Waals surface area contributed by atoms with E-state index in [-0.39, 0.29) is 0 Å². The van der Waals surface area contributed by atoms with Crippen molar-refractivity contribution in [1.29, 1.82) is 0 Å². The van der Waals surface area contributed by atoms with Gasteiger partial charge in [0.15, 0.2) is 0 Å². The summed E-state index contributed by atoms with van der Waals surface area (Å²) >= 11 is 7.43. The Morgan fingerprint density at radius 1 is 1.50 bits per heavy atom. The highest BCUT2D eigenvalue weighted by molar-refractivity contribution is 7.09. The molecule has 0 saturated carbocycles. The Kier molecular flexibility index (Phi) is 5.85. The minimum absolute atomic E-state index is 0.336. The van der Waals surface area contributed by atoms with Gasteiger partial charge in [-0.1, -0.05) is 13.8 Å². The van der Waals surface area contributed by atoms with E-state index >= 15 is 0 Å². The fraction of sp³-hybridized carbons (Fsp3) is 0.733. The quantitative estimate of drug-likeness (QED) is 0.568. The van der Waals surface area contributed by atoms with Crippen molar-refractivity contribution in [3.05, 3.63) is 16.1 Å². The van der Waals surface area contributed by atoms with Crippen LogP contribution in [-0.2, 0) is 17.1 Å². The van der Waals surface area contributed by atoms with Crippen molar-refractivity contribution < 1.29 is 4.79 Å². The molecule has 1 aliphatic rings. The Hall–Kier alpha value is -0.610. The Morgan fingerprint density at radius 3 is 2.90 bits per heavy atom. The molecule has 112 valence electrons. The molecule has 1 aromatic heterocycles. The Bertz CT molecular complexity index is 447. The van der Waals surface area contributed by atoms with E-state index < -0.39 is 0 Å². The van der Waals surface area contributed by atoms with Crippen LogP contribution in [0.4, 0.5) is 0 Å². The first-order chi connectivity index (χ1) is 9.60. The summed E-state index contributed by atoms with van der Waals surface area (Å²) in [6.07, 6.45) is 3.89. The second kappa shape index (κ2) is 7.41. The first-order valence-electron chi connectivity index (χ1n) is 7.37. The molecule has 1 amide bonds. The molecule has 1 atom stereocenters. The molecule has 20 heavy (non-hydrogen) atoms. The minimum atomic E-state index is 0.336. The fourth-order valence-corrected chi connectivity index (χ4v) is 3.64. The van der Waals surface area contributed by atoms with E-state index in [0.717, 1.165) is 49.5 Å². The van der Waals surface area contributed by atoms with Crippen molar-refractivity contribution >= 4 is 28.8 Å². The van der Waals surface area contributed by atoms with E-state index in [9.17, 15) is 4.79 Å². The Morgan fingerprint density at radius 2 is 2.30 bits per heavy atom. The average molecular weight is 315 g/mol. The maximum atomic E-state index is 11.9. The van der Waals surface area contributed by atoms with E-state index in [1.54, 1.807) is 11.3 Å². The van der Waals surface area contributed by atoms with E-state index in [1.807, 2.05) is 10.3 Å². The van der Waals surface area contributed by atoms with Crippen LogP contribution >= 0.6 is 22.9 Å². The Labute approximate surface area is 130 Å². The second-order valence-electron chi connectivity index (χ2n) is 5.87. The molecule has 1 aliphatic heterocycles. The lowest BCUT2D eigenvalue weighted by Gasteiger charge is -2.17. The van der Waals surface area contributed by atoms with Gasteiger partial charge in [0.25, 0.3) is 0 Å². The SMILES string of the molecule is CC(C)C1CC(=O)N(CCCCc2nc(CCl)cs2)C1. The summed E-state index contributed by atoms with van der Waals surface area (Å²) in [4.78, 5) is 18.4. The van der Waals surface area contributed by atoms with Crippen molar-refractivity contribution in [3.63, 3.8) is 0 Å². The van der Waals surface area contributed by atoms with E-state index in [0.29, 0.717) is 23.6 Å². The van der Waals surface area contributed by atoms with E-state index in [1.165, 1.54) is 0 Å². The number of alkyl halides is 1. The molecular weight excluding hydrogens is 292 g/mol. The van der Waals surface area contributed by atoms with E-state index in [2.05, 4.69) is 18.8 Å². The average Bonchev–Trinajstić information content (AvgIpc) is 3.01. The molecule has 0 aromatic carbocycles. The van der Waals surface area contributed by atoms with Crippen LogP contribution in [-0.4, -0.2) is 28.9 Å². The number of likely N-dealkylation sites (tertiary alicyclic amines) is 1. The standard InChI is InChI=1S/C15H23ClN2OS/c1-11(2)12-7-15(19)18(9-12)6-4-3-5-14-17-13(8-16)10-20-14/h10-12H,3-9H2,1-2H3. The van der Waals surface area contributed by atoms with Gasteiger partial charge in [0.1, 0.15) is 0 Å². The highest BCUT2D eigenvalue weighted by Crippen LogP contribution is 2.25. The van der Waals surface area contributed by atoms with Crippen LogP contribution in [0.25, 0.3) is 0 Å². The Balaban J connectivity index is 1.67. The summed E-state index contributed by atoms with van der Waals surface area (Å²) in [5.41, 5.74) is 0.973. The van der Waals surface area contributed by atoms with Gasteiger partial charge in [0.05, 0.1) is 16.6 Å². The van der Waals surface area contributed by atoms with Gasteiger partial charge in [-0.15, -0.1) is 22.9 Å². The maximum absolute atomic E-state index is 11.9. The third-order valence-corrected chi connectivity index (χ3v) is 5.22.